The summed E-state index contributed by atoms with van der Waals surface area (Å²) >= 11 is 0. The standard InChI is InChI=1S/C23H21FO4/c1-27-22(26)21(25)23(18-10-6-3-7-11-18,19-12-14-20(24)15-13-19)28-16-17-8-4-2-5-9-17/h2-15,21,25H,16H2,1H3. The quantitative estimate of drug-likeness (QED) is 0.633. The molecule has 0 aliphatic heterocycles. The first-order valence-corrected chi connectivity index (χ1v) is 8.83. The van der Waals surface area contributed by atoms with Crippen LogP contribution in [0.3, 0.4) is 0 Å². The smallest absolute Gasteiger partial charge is 0.338 e. The van der Waals surface area contributed by atoms with Gasteiger partial charge in [0.05, 0.1) is 13.7 Å². The van der Waals surface area contributed by atoms with Crippen LogP contribution < -0.4 is 0 Å². The molecule has 144 valence electrons. The maximum Gasteiger partial charge on any atom is 0.338 e. The molecule has 0 heterocycles. The van der Waals surface area contributed by atoms with Gasteiger partial charge < -0.3 is 14.6 Å². The molecule has 28 heavy (non-hydrogen) atoms. The normalized spacial score (nSPS) is 14.1. The van der Waals surface area contributed by atoms with Crippen LogP contribution in [0.4, 0.5) is 4.39 Å². The molecule has 0 aromatic heterocycles. The molecule has 1 N–H and O–H groups in total. The van der Waals surface area contributed by atoms with Gasteiger partial charge in [0.2, 0.25) is 0 Å². The van der Waals surface area contributed by atoms with Crippen molar-refractivity contribution in [2.45, 2.75) is 18.3 Å². The summed E-state index contributed by atoms with van der Waals surface area (Å²) < 4.78 is 24.6. The molecule has 0 bridgehead atoms. The Morgan fingerprint density at radius 3 is 2.04 bits per heavy atom. The molecule has 0 spiro atoms. The lowest BCUT2D eigenvalue weighted by Crippen LogP contribution is -2.48. The van der Waals surface area contributed by atoms with Crippen LogP contribution in [0.1, 0.15) is 16.7 Å². The van der Waals surface area contributed by atoms with Crippen LogP contribution in [-0.4, -0.2) is 24.3 Å². The molecule has 5 heteroatoms. The van der Waals surface area contributed by atoms with E-state index in [1.54, 1.807) is 24.3 Å². The second-order valence-electron chi connectivity index (χ2n) is 6.31. The molecule has 0 saturated carbocycles. The van der Waals surface area contributed by atoms with Crippen molar-refractivity contribution in [1.82, 2.24) is 0 Å². The van der Waals surface area contributed by atoms with Gasteiger partial charge in [-0.25, -0.2) is 9.18 Å². The molecule has 0 amide bonds. The van der Waals surface area contributed by atoms with Crippen LogP contribution in [0.15, 0.2) is 84.9 Å². The number of aliphatic hydroxyl groups is 1. The highest BCUT2D eigenvalue weighted by atomic mass is 19.1. The zero-order chi connectivity index (χ0) is 20.0. The van der Waals surface area contributed by atoms with Crippen molar-refractivity contribution in [3.05, 3.63) is 107 Å². The molecule has 3 aromatic carbocycles. The van der Waals surface area contributed by atoms with Crippen LogP contribution in [0.5, 0.6) is 0 Å². The fourth-order valence-electron chi connectivity index (χ4n) is 3.16. The number of benzene rings is 3. The Balaban J connectivity index is 2.15. The minimum atomic E-state index is -1.66. The van der Waals surface area contributed by atoms with Crippen molar-refractivity contribution < 1.29 is 23.8 Å². The maximum absolute atomic E-state index is 13.6. The van der Waals surface area contributed by atoms with E-state index in [1.807, 2.05) is 36.4 Å². The molecule has 3 rings (SSSR count). The number of esters is 1. The lowest BCUT2D eigenvalue weighted by Gasteiger charge is -2.37. The van der Waals surface area contributed by atoms with Crippen molar-refractivity contribution in [3.8, 4) is 0 Å². The second-order valence-corrected chi connectivity index (χ2v) is 6.31. The third-order valence-electron chi connectivity index (χ3n) is 4.59. The second kappa shape index (κ2) is 8.78. The molecular weight excluding hydrogens is 359 g/mol. The van der Waals surface area contributed by atoms with Gasteiger partial charge in [0, 0.05) is 0 Å². The first-order valence-electron chi connectivity index (χ1n) is 8.83. The van der Waals surface area contributed by atoms with E-state index in [9.17, 15) is 14.3 Å². The Labute approximate surface area is 163 Å². The third kappa shape index (κ3) is 3.96. The zero-order valence-corrected chi connectivity index (χ0v) is 15.4. The fraction of sp³-hybridized carbons (Fsp3) is 0.174. The predicted molar refractivity (Wildman–Crippen MR) is 103 cm³/mol. The minimum Gasteiger partial charge on any atom is -0.467 e. The topological polar surface area (TPSA) is 55.8 Å². The summed E-state index contributed by atoms with van der Waals surface area (Å²) in [6.07, 6.45) is -1.66. The summed E-state index contributed by atoms with van der Waals surface area (Å²) in [5, 5.41) is 11.0. The highest BCUT2D eigenvalue weighted by Crippen LogP contribution is 2.38. The van der Waals surface area contributed by atoms with Crippen molar-refractivity contribution >= 4 is 5.97 Å². The third-order valence-corrected chi connectivity index (χ3v) is 4.59. The molecule has 0 saturated heterocycles. The van der Waals surface area contributed by atoms with Crippen molar-refractivity contribution in [3.63, 3.8) is 0 Å². The monoisotopic (exact) mass is 380 g/mol. The summed E-state index contributed by atoms with van der Waals surface area (Å²) in [6, 6.07) is 23.8. The van der Waals surface area contributed by atoms with Crippen molar-refractivity contribution in [2.24, 2.45) is 0 Å². The van der Waals surface area contributed by atoms with Gasteiger partial charge in [0.15, 0.2) is 11.7 Å². The Morgan fingerprint density at radius 2 is 1.46 bits per heavy atom. The number of aliphatic hydroxyl groups excluding tert-OH is 1. The average Bonchev–Trinajstić information content (AvgIpc) is 2.76. The number of ether oxygens (including phenoxy) is 2. The van der Waals surface area contributed by atoms with E-state index >= 15 is 0 Å². The fourth-order valence-corrected chi connectivity index (χ4v) is 3.16. The minimum absolute atomic E-state index is 0.126. The molecule has 2 atom stereocenters. The summed E-state index contributed by atoms with van der Waals surface area (Å²) in [4.78, 5) is 12.4. The van der Waals surface area contributed by atoms with Crippen LogP contribution in [0.2, 0.25) is 0 Å². The van der Waals surface area contributed by atoms with E-state index in [-0.39, 0.29) is 6.61 Å². The SMILES string of the molecule is COC(=O)C(O)C(OCc1ccccc1)(c1ccccc1)c1ccc(F)cc1. The average molecular weight is 380 g/mol. The number of carbonyl (C=O) groups is 1. The summed E-state index contributed by atoms with van der Waals surface area (Å²) in [7, 11) is 1.20. The van der Waals surface area contributed by atoms with Gasteiger partial charge >= 0.3 is 5.97 Å². The van der Waals surface area contributed by atoms with Gasteiger partial charge in [0.1, 0.15) is 5.82 Å². The number of hydrogen-bond acceptors (Lipinski definition) is 4. The highest BCUT2D eigenvalue weighted by molar-refractivity contribution is 5.77. The van der Waals surface area contributed by atoms with Crippen LogP contribution in [-0.2, 0) is 26.5 Å². The van der Waals surface area contributed by atoms with E-state index in [0.29, 0.717) is 11.1 Å². The highest BCUT2D eigenvalue weighted by Gasteiger charge is 2.47. The van der Waals surface area contributed by atoms with E-state index in [0.717, 1.165) is 5.56 Å². The summed E-state index contributed by atoms with van der Waals surface area (Å²) in [5.41, 5.74) is 0.282. The molecule has 0 aliphatic rings. The Kier molecular flexibility index (Phi) is 6.19. The molecule has 0 radical (unpaired) electrons. The van der Waals surface area contributed by atoms with Crippen LogP contribution in [0.25, 0.3) is 0 Å². The van der Waals surface area contributed by atoms with Gasteiger partial charge in [-0.05, 0) is 28.8 Å². The first-order chi connectivity index (χ1) is 13.6. The van der Waals surface area contributed by atoms with Crippen LogP contribution in [0, 0.1) is 5.82 Å². The predicted octanol–water partition coefficient (Wildman–Crippen LogP) is 3.82. The maximum atomic E-state index is 13.6. The first kappa shape index (κ1) is 19.7. The largest absolute Gasteiger partial charge is 0.467 e. The molecule has 3 aromatic rings. The van der Waals surface area contributed by atoms with Gasteiger partial charge in [-0.2, -0.15) is 0 Å². The molecule has 4 nitrogen and oxygen atoms in total. The Bertz CT molecular complexity index is 897. The van der Waals surface area contributed by atoms with Crippen LogP contribution >= 0.6 is 0 Å². The zero-order valence-electron chi connectivity index (χ0n) is 15.4. The van der Waals surface area contributed by atoms with Gasteiger partial charge in [-0.1, -0.05) is 72.8 Å². The Morgan fingerprint density at radius 1 is 0.929 bits per heavy atom. The lowest BCUT2D eigenvalue weighted by molar-refractivity contribution is -0.172. The van der Waals surface area contributed by atoms with Crippen molar-refractivity contribution in [1.29, 1.82) is 0 Å². The summed E-state index contributed by atoms with van der Waals surface area (Å²) in [5.74, 6) is -1.28. The van der Waals surface area contributed by atoms with Gasteiger partial charge in [0.25, 0.3) is 0 Å². The number of hydrogen-bond donors (Lipinski definition) is 1. The lowest BCUT2D eigenvalue weighted by atomic mass is 9.81. The molecule has 0 fully saturated rings. The Hall–Kier alpha value is -3.02. The van der Waals surface area contributed by atoms with E-state index in [1.165, 1.54) is 31.4 Å². The van der Waals surface area contributed by atoms with E-state index in [2.05, 4.69) is 0 Å². The van der Waals surface area contributed by atoms with Crippen molar-refractivity contribution in [2.75, 3.05) is 7.11 Å². The number of methoxy groups -OCH3 is 1. The number of rotatable bonds is 7. The molecular formula is C23H21FO4. The summed E-state index contributed by atoms with van der Waals surface area (Å²) in [6.45, 7) is 0.126. The van der Waals surface area contributed by atoms with E-state index in [4.69, 9.17) is 9.47 Å². The number of carbonyl (C=O) groups excluding carboxylic acids is 1. The molecule has 0 aliphatic carbocycles. The molecule has 2 unspecified atom stereocenters. The van der Waals surface area contributed by atoms with Gasteiger partial charge in [-0.15, -0.1) is 0 Å². The van der Waals surface area contributed by atoms with Gasteiger partial charge in [-0.3, -0.25) is 0 Å². The van der Waals surface area contributed by atoms with E-state index < -0.39 is 23.5 Å². The number of halogens is 1.